The van der Waals surface area contributed by atoms with Crippen molar-refractivity contribution in [1.82, 2.24) is 0 Å². The predicted molar refractivity (Wildman–Crippen MR) is 45.8 cm³/mol. The van der Waals surface area contributed by atoms with E-state index in [0.29, 0.717) is 6.61 Å². The third-order valence-electron chi connectivity index (χ3n) is 1.56. The molecule has 0 heterocycles. The molecule has 59 valence electrons. The van der Waals surface area contributed by atoms with Gasteiger partial charge in [0.1, 0.15) is 5.75 Å². The second-order valence-electron chi connectivity index (χ2n) is 2.35. The highest BCUT2D eigenvalue weighted by atomic mass is 16.5. The maximum absolute atomic E-state index is 5.25. The van der Waals surface area contributed by atoms with Crippen LogP contribution in [0.1, 0.15) is 19.4 Å². The Morgan fingerprint density at radius 2 is 2.18 bits per heavy atom. The van der Waals surface area contributed by atoms with Gasteiger partial charge in [-0.15, -0.1) is 0 Å². The van der Waals surface area contributed by atoms with E-state index in [-0.39, 0.29) is 0 Å². The summed E-state index contributed by atoms with van der Waals surface area (Å²) in [5.74, 6) is 0.838. The van der Waals surface area contributed by atoms with Crippen molar-refractivity contribution in [2.75, 3.05) is 6.61 Å². The summed E-state index contributed by atoms with van der Waals surface area (Å²) in [6.45, 7) is 4.81. The number of aryl methyl sites for hydroxylation is 1. The van der Waals surface area contributed by atoms with Gasteiger partial charge in [0.05, 0.1) is 6.61 Å². The van der Waals surface area contributed by atoms with E-state index in [4.69, 9.17) is 4.74 Å². The van der Waals surface area contributed by atoms with Crippen LogP contribution in [0.3, 0.4) is 0 Å². The van der Waals surface area contributed by atoms with Crippen LogP contribution in [0.4, 0.5) is 0 Å². The monoisotopic (exact) mass is 149 g/mol. The molecule has 1 radical (unpaired) electrons. The fraction of sp³-hybridized carbons (Fsp3) is 0.400. The average molecular weight is 149 g/mol. The van der Waals surface area contributed by atoms with Gasteiger partial charge < -0.3 is 4.74 Å². The Bertz CT molecular complexity index is 201. The lowest BCUT2D eigenvalue weighted by molar-refractivity contribution is 0.339. The van der Waals surface area contributed by atoms with Crippen LogP contribution in [0.2, 0.25) is 0 Å². The number of hydrogen-bond donors (Lipinski definition) is 0. The third kappa shape index (κ3) is 2.26. The zero-order valence-corrected chi connectivity index (χ0v) is 7.05. The highest BCUT2D eigenvalue weighted by Gasteiger charge is 1.91. The summed E-state index contributed by atoms with van der Waals surface area (Å²) < 4.78 is 5.25. The van der Waals surface area contributed by atoms with Crippen molar-refractivity contribution in [3.8, 4) is 5.75 Å². The molecule has 0 unspecified atom stereocenters. The molecule has 0 saturated carbocycles. The van der Waals surface area contributed by atoms with Crippen LogP contribution in [0.5, 0.6) is 5.75 Å². The summed E-state index contributed by atoms with van der Waals surface area (Å²) in [6, 6.07) is 9.08. The minimum absolute atomic E-state index is 0.710. The van der Waals surface area contributed by atoms with Gasteiger partial charge in [-0.1, -0.05) is 13.0 Å². The molecule has 0 aliphatic rings. The maximum Gasteiger partial charge on any atom is 0.127 e. The van der Waals surface area contributed by atoms with E-state index in [9.17, 15) is 0 Å². The first-order chi connectivity index (χ1) is 5.36. The summed E-state index contributed by atoms with van der Waals surface area (Å²) in [5, 5.41) is 0. The van der Waals surface area contributed by atoms with E-state index in [2.05, 4.69) is 19.1 Å². The fourth-order valence-corrected chi connectivity index (χ4v) is 0.908. The quantitative estimate of drug-likeness (QED) is 0.641. The zero-order valence-electron chi connectivity index (χ0n) is 7.05. The number of ether oxygens (including phenoxy) is 1. The van der Waals surface area contributed by atoms with E-state index in [1.165, 1.54) is 5.56 Å². The molecule has 1 nitrogen and oxygen atoms in total. The molecule has 0 amide bonds. The van der Waals surface area contributed by atoms with Gasteiger partial charge in [0.2, 0.25) is 0 Å². The molecule has 0 aromatic heterocycles. The normalized spacial score (nSPS) is 9.64. The number of rotatable bonds is 3. The Morgan fingerprint density at radius 1 is 1.36 bits per heavy atom. The molecule has 1 rings (SSSR count). The minimum atomic E-state index is 0.710. The smallest absolute Gasteiger partial charge is 0.127 e. The summed E-state index contributed by atoms with van der Waals surface area (Å²) in [5.41, 5.74) is 1.30. The largest absolute Gasteiger partial charge is 0.493 e. The van der Waals surface area contributed by atoms with Crippen molar-refractivity contribution in [3.05, 3.63) is 29.8 Å². The molecule has 0 atom stereocenters. The summed E-state index contributed by atoms with van der Waals surface area (Å²) in [4.78, 5) is 0. The van der Waals surface area contributed by atoms with Gasteiger partial charge in [-0.25, -0.2) is 0 Å². The van der Waals surface area contributed by atoms with Crippen molar-refractivity contribution in [2.24, 2.45) is 0 Å². The summed E-state index contributed by atoms with van der Waals surface area (Å²) in [7, 11) is 0. The lowest BCUT2D eigenvalue weighted by Crippen LogP contribution is -1.91. The summed E-state index contributed by atoms with van der Waals surface area (Å²) >= 11 is 0. The SMILES string of the molecule is CCOc1[c]cc(CC)cc1. The molecule has 1 aromatic carbocycles. The van der Waals surface area contributed by atoms with Gasteiger partial charge in [-0.3, -0.25) is 0 Å². The molecule has 0 aliphatic carbocycles. The first kappa shape index (κ1) is 8.12. The van der Waals surface area contributed by atoms with E-state index >= 15 is 0 Å². The molecule has 1 aromatic rings. The van der Waals surface area contributed by atoms with Gasteiger partial charge in [-0.2, -0.15) is 0 Å². The van der Waals surface area contributed by atoms with Crippen molar-refractivity contribution in [1.29, 1.82) is 0 Å². The first-order valence-electron chi connectivity index (χ1n) is 4.00. The molecular formula is C10H13O. The van der Waals surface area contributed by atoms with E-state index in [1.807, 2.05) is 19.1 Å². The number of benzene rings is 1. The first-order valence-corrected chi connectivity index (χ1v) is 4.00. The molecule has 0 saturated heterocycles. The Labute approximate surface area is 68.0 Å². The lowest BCUT2D eigenvalue weighted by atomic mass is 10.2. The average Bonchev–Trinajstić information content (AvgIpc) is 2.07. The van der Waals surface area contributed by atoms with E-state index in [1.54, 1.807) is 0 Å². The number of hydrogen-bond acceptors (Lipinski definition) is 1. The zero-order chi connectivity index (χ0) is 8.10. The van der Waals surface area contributed by atoms with Crippen LogP contribution in [-0.4, -0.2) is 6.61 Å². The van der Waals surface area contributed by atoms with Gasteiger partial charge in [-0.05, 0) is 31.0 Å². The van der Waals surface area contributed by atoms with Gasteiger partial charge in [0.25, 0.3) is 0 Å². The van der Waals surface area contributed by atoms with Crippen LogP contribution in [0, 0.1) is 6.07 Å². The molecule has 0 bridgehead atoms. The van der Waals surface area contributed by atoms with Crippen molar-refractivity contribution < 1.29 is 4.74 Å². The molecule has 0 spiro atoms. The fourth-order valence-electron chi connectivity index (χ4n) is 0.908. The Kier molecular flexibility index (Phi) is 2.96. The van der Waals surface area contributed by atoms with Gasteiger partial charge >= 0.3 is 0 Å². The van der Waals surface area contributed by atoms with Crippen LogP contribution in [0.25, 0.3) is 0 Å². The Morgan fingerprint density at radius 3 is 2.64 bits per heavy atom. The second kappa shape index (κ2) is 4.02. The van der Waals surface area contributed by atoms with Crippen LogP contribution < -0.4 is 4.74 Å². The van der Waals surface area contributed by atoms with Crippen molar-refractivity contribution in [2.45, 2.75) is 20.3 Å². The van der Waals surface area contributed by atoms with E-state index in [0.717, 1.165) is 12.2 Å². The lowest BCUT2D eigenvalue weighted by Gasteiger charge is -2.01. The van der Waals surface area contributed by atoms with Crippen molar-refractivity contribution in [3.63, 3.8) is 0 Å². The van der Waals surface area contributed by atoms with Gasteiger partial charge in [0, 0.05) is 6.07 Å². The molecular weight excluding hydrogens is 136 g/mol. The van der Waals surface area contributed by atoms with Crippen LogP contribution in [0.15, 0.2) is 18.2 Å². The molecule has 1 heteroatoms. The molecule has 0 N–H and O–H groups in total. The highest BCUT2D eigenvalue weighted by Crippen LogP contribution is 2.10. The topological polar surface area (TPSA) is 9.23 Å². The standard InChI is InChI=1S/C10H13O/c1-3-9-5-7-10(8-6-9)11-4-2/h5-7H,3-4H2,1-2H3. The molecule has 0 aliphatic heterocycles. The molecule has 11 heavy (non-hydrogen) atoms. The second-order valence-corrected chi connectivity index (χ2v) is 2.35. The van der Waals surface area contributed by atoms with E-state index < -0.39 is 0 Å². The Hall–Kier alpha value is -0.980. The third-order valence-corrected chi connectivity index (χ3v) is 1.56. The van der Waals surface area contributed by atoms with Crippen LogP contribution >= 0.6 is 0 Å². The highest BCUT2D eigenvalue weighted by molar-refractivity contribution is 5.25. The van der Waals surface area contributed by atoms with Gasteiger partial charge in [0.15, 0.2) is 0 Å². The maximum atomic E-state index is 5.25. The molecule has 0 fully saturated rings. The van der Waals surface area contributed by atoms with Crippen molar-refractivity contribution >= 4 is 0 Å². The minimum Gasteiger partial charge on any atom is -0.493 e. The van der Waals surface area contributed by atoms with Crippen LogP contribution in [-0.2, 0) is 6.42 Å². The predicted octanol–water partition coefficient (Wildman–Crippen LogP) is 2.45. The Balaban J connectivity index is 2.66. The summed E-state index contributed by atoms with van der Waals surface area (Å²) in [6.07, 6.45) is 1.06.